The summed E-state index contributed by atoms with van der Waals surface area (Å²) in [6.07, 6.45) is 0.866. The number of pyridine rings is 1. The van der Waals surface area contributed by atoms with Crippen LogP contribution >= 0.6 is 0 Å². The highest BCUT2D eigenvalue weighted by molar-refractivity contribution is 5.95. The van der Waals surface area contributed by atoms with Gasteiger partial charge in [-0.3, -0.25) is 4.79 Å². The number of aromatic nitrogens is 1. The molecule has 94 valence electrons. The zero-order valence-electron chi connectivity index (χ0n) is 10.8. The average molecular weight is 236 g/mol. The van der Waals surface area contributed by atoms with Crippen molar-refractivity contribution in [2.75, 3.05) is 5.43 Å². The van der Waals surface area contributed by atoms with Crippen molar-refractivity contribution in [3.63, 3.8) is 0 Å². The Hall–Kier alpha value is -1.62. The number of aryl methyl sites for hydroxylation is 1. The molecule has 5 heteroatoms. The fourth-order valence-corrected chi connectivity index (χ4v) is 1.34. The van der Waals surface area contributed by atoms with Crippen LogP contribution in [0.15, 0.2) is 12.1 Å². The molecule has 0 atom stereocenters. The number of hydrogen-bond acceptors (Lipinski definition) is 4. The number of rotatable bonds is 4. The molecule has 0 spiro atoms. The van der Waals surface area contributed by atoms with Crippen LogP contribution in [-0.2, 0) is 0 Å². The molecule has 17 heavy (non-hydrogen) atoms. The van der Waals surface area contributed by atoms with Crippen LogP contribution in [0.2, 0.25) is 0 Å². The first-order valence-electron chi connectivity index (χ1n) is 5.66. The lowest BCUT2D eigenvalue weighted by molar-refractivity contribution is 0.0911. The Labute approximate surface area is 102 Å². The highest BCUT2D eigenvalue weighted by atomic mass is 16.1. The summed E-state index contributed by atoms with van der Waals surface area (Å²) in [6.45, 7) is 7.83. The Morgan fingerprint density at radius 2 is 2.12 bits per heavy atom. The van der Waals surface area contributed by atoms with E-state index >= 15 is 0 Å². The number of hydrogen-bond donors (Lipinski definition) is 3. The molecule has 1 rings (SSSR count). The largest absolute Gasteiger partial charge is 0.347 e. The molecule has 0 radical (unpaired) electrons. The summed E-state index contributed by atoms with van der Waals surface area (Å²) in [5.41, 5.74) is 3.54. The van der Waals surface area contributed by atoms with Crippen LogP contribution in [0.4, 0.5) is 5.82 Å². The summed E-state index contributed by atoms with van der Waals surface area (Å²) in [5.74, 6) is 5.68. The van der Waals surface area contributed by atoms with Gasteiger partial charge >= 0.3 is 0 Å². The predicted octanol–water partition coefficient (Wildman–Crippen LogP) is 1.59. The van der Waals surface area contributed by atoms with Crippen molar-refractivity contribution in [2.45, 2.75) is 39.7 Å². The molecule has 4 N–H and O–H groups in total. The number of carbonyl (C=O) groups excluding carboxylic acids is 1. The van der Waals surface area contributed by atoms with Gasteiger partial charge in [-0.25, -0.2) is 10.8 Å². The number of nitrogens with zero attached hydrogens (tertiary/aromatic N) is 1. The summed E-state index contributed by atoms with van der Waals surface area (Å²) >= 11 is 0. The van der Waals surface area contributed by atoms with Crippen molar-refractivity contribution >= 4 is 11.7 Å². The first kappa shape index (κ1) is 13.4. The number of carbonyl (C=O) groups is 1. The topological polar surface area (TPSA) is 80.0 Å². The number of amides is 1. The van der Waals surface area contributed by atoms with E-state index in [1.54, 1.807) is 12.1 Å². The van der Waals surface area contributed by atoms with Crippen molar-refractivity contribution in [3.05, 3.63) is 23.4 Å². The van der Waals surface area contributed by atoms with Crippen molar-refractivity contribution in [1.29, 1.82) is 0 Å². The molecule has 0 unspecified atom stereocenters. The Balaban J connectivity index is 2.93. The van der Waals surface area contributed by atoms with E-state index in [2.05, 4.69) is 15.7 Å². The fraction of sp³-hybridized carbons (Fsp3) is 0.500. The lowest BCUT2D eigenvalue weighted by atomic mass is 10.0. The van der Waals surface area contributed by atoms with E-state index < -0.39 is 0 Å². The van der Waals surface area contributed by atoms with Gasteiger partial charge in [0.1, 0.15) is 5.82 Å². The van der Waals surface area contributed by atoms with Gasteiger partial charge < -0.3 is 10.7 Å². The second kappa shape index (κ2) is 5.14. The summed E-state index contributed by atoms with van der Waals surface area (Å²) in [7, 11) is 0. The number of nitrogen functional groups attached to an aromatic ring is 1. The van der Waals surface area contributed by atoms with Gasteiger partial charge in [0.2, 0.25) is 0 Å². The van der Waals surface area contributed by atoms with Crippen molar-refractivity contribution in [3.8, 4) is 0 Å². The van der Waals surface area contributed by atoms with Crippen LogP contribution < -0.4 is 16.6 Å². The highest BCUT2D eigenvalue weighted by Gasteiger charge is 2.19. The van der Waals surface area contributed by atoms with Crippen LogP contribution in [-0.4, -0.2) is 16.4 Å². The van der Waals surface area contributed by atoms with Gasteiger partial charge in [0.15, 0.2) is 0 Å². The number of hydrazine groups is 1. The Bertz CT molecular complexity index is 415. The molecule has 1 aromatic heterocycles. The van der Waals surface area contributed by atoms with Crippen LogP contribution in [0.3, 0.4) is 0 Å². The van der Waals surface area contributed by atoms with Crippen LogP contribution in [0.5, 0.6) is 0 Å². The molecule has 0 saturated heterocycles. The molecular formula is C12H20N4O. The highest BCUT2D eigenvalue weighted by Crippen LogP contribution is 2.12. The standard InChI is InChI=1S/C12H20N4O/c1-5-12(3,4)15-11(17)9-6-8(2)14-10(7-9)16-13/h6-7H,5,13H2,1-4H3,(H,14,16)(H,15,17). The minimum absolute atomic E-state index is 0.112. The van der Waals surface area contributed by atoms with E-state index in [1.807, 2.05) is 27.7 Å². The second-order valence-corrected chi connectivity index (χ2v) is 4.72. The molecule has 0 aromatic carbocycles. The van der Waals surface area contributed by atoms with Gasteiger partial charge in [0.25, 0.3) is 5.91 Å². The lowest BCUT2D eigenvalue weighted by Gasteiger charge is -2.24. The first-order valence-corrected chi connectivity index (χ1v) is 5.66. The molecule has 0 fully saturated rings. The monoisotopic (exact) mass is 236 g/mol. The minimum Gasteiger partial charge on any atom is -0.347 e. The smallest absolute Gasteiger partial charge is 0.251 e. The normalized spacial score (nSPS) is 11.1. The van der Waals surface area contributed by atoms with Gasteiger partial charge in [0, 0.05) is 16.8 Å². The van der Waals surface area contributed by atoms with Gasteiger partial charge in [-0.15, -0.1) is 0 Å². The molecule has 0 aliphatic rings. The Morgan fingerprint density at radius 1 is 1.47 bits per heavy atom. The summed E-state index contributed by atoms with van der Waals surface area (Å²) in [6, 6.07) is 3.37. The summed E-state index contributed by atoms with van der Waals surface area (Å²) in [5, 5.41) is 2.97. The maximum Gasteiger partial charge on any atom is 0.251 e. The molecule has 1 aromatic rings. The van der Waals surface area contributed by atoms with E-state index in [0.29, 0.717) is 11.4 Å². The fourth-order valence-electron chi connectivity index (χ4n) is 1.34. The number of nitrogens with one attached hydrogen (secondary N) is 2. The van der Waals surface area contributed by atoms with Gasteiger partial charge in [0.05, 0.1) is 0 Å². The minimum atomic E-state index is -0.218. The van der Waals surface area contributed by atoms with Crippen molar-refractivity contribution in [2.24, 2.45) is 5.84 Å². The molecule has 0 saturated carbocycles. The number of nitrogens with two attached hydrogens (primary N) is 1. The van der Waals surface area contributed by atoms with E-state index in [-0.39, 0.29) is 11.4 Å². The lowest BCUT2D eigenvalue weighted by Crippen LogP contribution is -2.42. The predicted molar refractivity (Wildman–Crippen MR) is 68.6 cm³/mol. The first-order chi connectivity index (χ1) is 7.88. The van der Waals surface area contributed by atoms with E-state index in [4.69, 9.17) is 5.84 Å². The molecule has 1 heterocycles. The zero-order valence-corrected chi connectivity index (χ0v) is 10.8. The molecule has 5 nitrogen and oxygen atoms in total. The Morgan fingerprint density at radius 3 is 2.65 bits per heavy atom. The molecule has 0 aliphatic heterocycles. The maximum absolute atomic E-state index is 12.0. The number of anilines is 1. The van der Waals surface area contributed by atoms with Crippen LogP contribution in [0.1, 0.15) is 43.2 Å². The molecule has 1 amide bonds. The summed E-state index contributed by atoms with van der Waals surface area (Å²) in [4.78, 5) is 16.2. The third-order valence-electron chi connectivity index (χ3n) is 2.70. The van der Waals surface area contributed by atoms with Gasteiger partial charge in [-0.2, -0.15) is 0 Å². The second-order valence-electron chi connectivity index (χ2n) is 4.72. The van der Waals surface area contributed by atoms with Crippen molar-refractivity contribution in [1.82, 2.24) is 10.3 Å². The van der Waals surface area contributed by atoms with Crippen LogP contribution in [0.25, 0.3) is 0 Å². The summed E-state index contributed by atoms with van der Waals surface area (Å²) < 4.78 is 0. The van der Waals surface area contributed by atoms with Crippen molar-refractivity contribution < 1.29 is 4.79 Å². The van der Waals surface area contributed by atoms with Crippen LogP contribution in [0, 0.1) is 6.92 Å². The van der Waals surface area contributed by atoms with E-state index in [0.717, 1.165) is 12.1 Å². The third kappa shape index (κ3) is 3.71. The SMILES string of the molecule is CCC(C)(C)NC(=O)c1cc(C)nc(NN)c1. The van der Waals surface area contributed by atoms with Gasteiger partial charge in [-0.05, 0) is 39.3 Å². The van der Waals surface area contributed by atoms with E-state index in [9.17, 15) is 4.79 Å². The quantitative estimate of drug-likeness (QED) is 0.548. The van der Waals surface area contributed by atoms with E-state index in [1.165, 1.54) is 0 Å². The molecular weight excluding hydrogens is 216 g/mol. The maximum atomic E-state index is 12.0. The molecule has 0 bridgehead atoms. The van der Waals surface area contributed by atoms with Gasteiger partial charge in [-0.1, -0.05) is 6.92 Å². The third-order valence-corrected chi connectivity index (χ3v) is 2.70. The zero-order chi connectivity index (χ0) is 13.1. The molecule has 0 aliphatic carbocycles. The average Bonchev–Trinajstić information content (AvgIpc) is 2.27. The Kier molecular flexibility index (Phi) is 4.07.